The summed E-state index contributed by atoms with van der Waals surface area (Å²) in [6, 6.07) is 10.1. The van der Waals surface area contributed by atoms with Crippen LogP contribution in [0.3, 0.4) is 0 Å². The van der Waals surface area contributed by atoms with Gasteiger partial charge in [-0.3, -0.25) is 0 Å². The lowest BCUT2D eigenvalue weighted by Crippen LogP contribution is -2.40. The standard InChI is InChI=1S/C17H18FN5OS/c18-13-6-20-16(21-14(13)8-24)23-7-12-9-25-15(19)22-17(12,10-23)11-4-2-1-3-5-11/h1-6,12,24H,7-10H2,(H2,19,22). The Bertz CT molecular complexity index is 818. The smallest absolute Gasteiger partial charge is 0.225 e. The number of nitrogens with two attached hydrogens (primary N) is 1. The molecule has 130 valence electrons. The van der Waals surface area contributed by atoms with Crippen LogP contribution in [-0.4, -0.2) is 39.1 Å². The summed E-state index contributed by atoms with van der Waals surface area (Å²) >= 11 is 1.56. The molecule has 1 aromatic carbocycles. The van der Waals surface area contributed by atoms with Gasteiger partial charge in [-0.2, -0.15) is 0 Å². The molecule has 2 aliphatic heterocycles. The van der Waals surface area contributed by atoms with E-state index < -0.39 is 18.0 Å². The monoisotopic (exact) mass is 359 g/mol. The molecule has 1 saturated heterocycles. The van der Waals surface area contributed by atoms with E-state index in [2.05, 4.69) is 22.1 Å². The first-order chi connectivity index (χ1) is 12.1. The summed E-state index contributed by atoms with van der Waals surface area (Å²) in [6.07, 6.45) is 1.11. The topological polar surface area (TPSA) is 87.6 Å². The van der Waals surface area contributed by atoms with Crippen molar-refractivity contribution in [1.82, 2.24) is 9.97 Å². The number of nitrogens with zero attached hydrogens (tertiary/aromatic N) is 4. The number of anilines is 1. The van der Waals surface area contributed by atoms with Gasteiger partial charge >= 0.3 is 0 Å². The van der Waals surface area contributed by atoms with Crippen molar-refractivity contribution in [2.45, 2.75) is 12.1 Å². The van der Waals surface area contributed by atoms with Crippen molar-refractivity contribution in [1.29, 1.82) is 0 Å². The van der Waals surface area contributed by atoms with Crippen LogP contribution in [0.5, 0.6) is 0 Å². The van der Waals surface area contributed by atoms with Crippen LogP contribution in [0.2, 0.25) is 0 Å². The van der Waals surface area contributed by atoms with E-state index in [1.165, 1.54) is 0 Å². The first-order valence-electron chi connectivity index (χ1n) is 8.03. The third-order valence-corrected chi connectivity index (χ3v) is 5.76. The Morgan fingerprint density at radius 1 is 1.36 bits per heavy atom. The van der Waals surface area contributed by atoms with E-state index in [0.29, 0.717) is 24.2 Å². The van der Waals surface area contributed by atoms with Crippen LogP contribution in [0.4, 0.5) is 10.3 Å². The molecule has 0 aliphatic carbocycles. The number of halogens is 1. The minimum absolute atomic E-state index is 0.00558. The molecule has 2 unspecified atom stereocenters. The maximum atomic E-state index is 13.6. The molecule has 8 heteroatoms. The van der Waals surface area contributed by atoms with Gasteiger partial charge in [-0.05, 0) is 5.56 Å². The molecule has 1 fully saturated rings. The van der Waals surface area contributed by atoms with Crippen molar-refractivity contribution >= 4 is 22.9 Å². The van der Waals surface area contributed by atoms with Gasteiger partial charge in [-0.1, -0.05) is 42.1 Å². The van der Waals surface area contributed by atoms with Crippen molar-refractivity contribution in [2.24, 2.45) is 16.6 Å². The first kappa shape index (κ1) is 16.3. The molecule has 0 radical (unpaired) electrons. The number of aliphatic imine (C=N–C) groups is 1. The molecule has 0 saturated carbocycles. The van der Waals surface area contributed by atoms with Crippen LogP contribution in [-0.2, 0) is 12.1 Å². The number of hydrogen-bond donors (Lipinski definition) is 2. The Kier molecular flexibility index (Phi) is 4.09. The number of aromatic nitrogens is 2. The average molecular weight is 359 g/mol. The van der Waals surface area contributed by atoms with Crippen molar-refractivity contribution in [3.05, 3.63) is 53.6 Å². The van der Waals surface area contributed by atoms with Crippen LogP contribution in [0.1, 0.15) is 11.3 Å². The molecule has 2 aromatic rings. The largest absolute Gasteiger partial charge is 0.390 e. The molecule has 1 aromatic heterocycles. The summed E-state index contributed by atoms with van der Waals surface area (Å²) in [7, 11) is 0. The van der Waals surface area contributed by atoms with Gasteiger partial charge in [0.15, 0.2) is 11.0 Å². The zero-order valence-corrected chi connectivity index (χ0v) is 14.3. The van der Waals surface area contributed by atoms with Gasteiger partial charge in [0.1, 0.15) is 11.2 Å². The predicted molar refractivity (Wildman–Crippen MR) is 95.8 cm³/mol. The molecule has 4 rings (SSSR count). The number of thioether (sulfide) groups is 1. The highest BCUT2D eigenvalue weighted by Gasteiger charge is 2.50. The number of benzene rings is 1. The summed E-state index contributed by atoms with van der Waals surface area (Å²) in [6.45, 7) is 0.817. The quantitative estimate of drug-likeness (QED) is 0.864. The number of hydrogen-bond acceptors (Lipinski definition) is 7. The number of amidine groups is 1. The Hall–Kier alpha value is -2.19. The summed E-state index contributed by atoms with van der Waals surface area (Å²) in [5, 5.41) is 9.85. The summed E-state index contributed by atoms with van der Waals surface area (Å²) in [5.41, 5.74) is 6.71. The highest BCUT2D eigenvalue weighted by molar-refractivity contribution is 8.13. The van der Waals surface area contributed by atoms with E-state index in [0.717, 1.165) is 17.5 Å². The molecular weight excluding hydrogens is 341 g/mol. The van der Waals surface area contributed by atoms with E-state index in [1.54, 1.807) is 11.8 Å². The summed E-state index contributed by atoms with van der Waals surface area (Å²) in [4.78, 5) is 15.1. The Labute approximate surface area is 149 Å². The molecule has 0 spiro atoms. The number of fused-ring (bicyclic) bond motifs is 1. The molecule has 2 atom stereocenters. The van der Waals surface area contributed by atoms with Crippen molar-refractivity contribution < 1.29 is 9.50 Å². The Morgan fingerprint density at radius 2 is 2.16 bits per heavy atom. The fourth-order valence-electron chi connectivity index (χ4n) is 3.56. The van der Waals surface area contributed by atoms with Crippen LogP contribution in [0, 0.1) is 11.7 Å². The molecule has 0 amide bonds. The predicted octanol–water partition coefficient (Wildman–Crippen LogP) is 1.50. The second-order valence-electron chi connectivity index (χ2n) is 6.25. The van der Waals surface area contributed by atoms with Crippen molar-refractivity contribution in [2.75, 3.05) is 23.7 Å². The number of aliphatic hydroxyl groups is 1. The normalized spacial score (nSPS) is 25.6. The molecule has 3 heterocycles. The lowest BCUT2D eigenvalue weighted by atomic mass is 9.82. The van der Waals surface area contributed by atoms with E-state index in [1.807, 2.05) is 23.1 Å². The lowest BCUT2D eigenvalue weighted by Gasteiger charge is -2.34. The minimum Gasteiger partial charge on any atom is -0.390 e. The Balaban J connectivity index is 1.74. The molecule has 0 bridgehead atoms. The minimum atomic E-state index is -0.599. The summed E-state index contributed by atoms with van der Waals surface area (Å²) in [5.74, 6) is 0.917. The van der Waals surface area contributed by atoms with Gasteiger partial charge in [0.2, 0.25) is 5.95 Å². The van der Waals surface area contributed by atoms with E-state index in [9.17, 15) is 9.50 Å². The van der Waals surface area contributed by atoms with Gasteiger partial charge in [-0.25, -0.2) is 19.4 Å². The second kappa shape index (κ2) is 6.27. The van der Waals surface area contributed by atoms with Crippen LogP contribution >= 0.6 is 11.8 Å². The molecule has 6 nitrogen and oxygen atoms in total. The second-order valence-corrected chi connectivity index (χ2v) is 7.29. The van der Waals surface area contributed by atoms with Gasteiger partial charge in [0.25, 0.3) is 0 Å². The average Bonchev–Trinajstić information content (AvgIpc) is 3.03. The first-order valence-corrected chi connectivity index (χ1v) is 9.02. The third kappa shape index (κ3) is 2.75. The highest BCUT2D eigenvalue weighted by Crippen LogP contribution is 2.45. The van der Waals surface area contributed by atoms with Gasteiger partial charge in [0.05, 0.1) is 19.3 Å². The van der Waals surface area contributed by atoms with Crippen molar-refractivity contribution in [3.8, 4) is 0 Å². The van der Waals surface area contributed by atoms with E-state index in [-0.39, 0.29) is 11.6 Å². The summed E-state index contributed by atoms with van der Waals surface area (Å²) < 4.78 is 13.6. The van der Waals surface area contributed by atoms with Crippen LogP contribution in [0.15, 0.2) is 41.5 Å². The maximum absolute atomic E-state index is 13.6. The fraction of sp³-hybridized carbons (Fsp3) is 0.353. The van der Waals surface area contributed by atoms with Crippen molar-refractivity contribution in [3.63, 3.8) is 0 Å². The Morgan fingerprint density at radius 3 is 2.92 bits per heavy atom. The van der Waals surface area contributed by atoms with E-state index in [4.69, 9.17) is 10.7 Å². The fourth-order valence-corrected chi connectivity index (χ4v) is 4.54. The number of rotatable bonds is 3. The van der Waals surface area contributed by atoms with Crippen LogP contribution < -0.4 is 10.6 Å². The molecule has 2 aliphatic rings. The van der Waals surface area contributed by atoms with Gasteiger partial charge < -0.3 is 15.7 Å². The SMILES string of the molecule is NC1=NC2(c3ccccc3)CN(c3ncc(F)c(CO)n3)CC2CS1. The van der Waals surface area contributed by atoms with E-state index >= 15 is 0 Å². The molecular formula is C17H18FN5OS. The lowest BCUT2D eigenvalue weighted by molar-refractivity contribution is 0.269. The zero-order chi connectivity index (χ0) is 17.4. The molecule has 3 N–H and O–H groups in total. The highest BCUT2D eigenvalue weighted by atomic mass is 32.2. The van der Waals surface area contributed by atoms with Gasteiger partial charge in [-0.15, -0.1) is 0 Å². The van der Waals surface area contributed by atoms with Crippen LogP contribution in [0.25, 0.3) is 0 Å². The zero-order valence-electron chi connectivity index (χ0n) is 13.5. The maximum Gasteiger partial charge on any atom is 0.225 e. The molecule has 25 heavy (non-hydrogen) atoms. The van der Waals surface area contributed by atoms with Gasteiger partial charge in [0, 0.05) is 18.2 Å². The third-order valence-electron chi connectivity index (χ3n) is 4.80. The number of aliphatic hydroxyl groups excluding tert-OH is 1.